The number of benzene rings is 2. The van der Waals surface area contributed by atoms with E-state index in [0.717, 1.165) is 0 Å². The number of amides is 2. The second-order valence-corrected chi connectivity index (χ2v) is 6.37. The van der Waals surface area contributed by atoms with Gasteiger partial charge in [-0.15, -0.1) is 0 Å². The summed E-state index contributed by atoms with van der Waals surface area (Å²) in [5.74, 6) is 0.0999. The molecule has 0 saturated carbocycles. The van der Waals surface area contributed by atoms with Crippen LogP contribution in [0.1, 0.15) is 24.2 Å². The number of nitrogens with zero attached hydrogens (tertiary/aromatic N) is 3. The van der Waals surface area contributed by atoms with Gasteiger partial charge in [0.15, 0.2) is 0 Å². The molecule has 0 radical (unpaired) electrons. The minimum Gasteiger partial charge on any atom is -0.492 e. The van der Waals surface area contributed by atoms with Crippen LogP contribution in [0.2, 0.25) is 0 Å². The molecule has 28 heavy (non-hydrogen) atoms. The molecule has 1 aliphatic rings. The minimum absolute atomic E-state index is 0.0852. The van der Waals surface area contributed by atoms with Crippen molar-refractivity contribution in [2.24, 2.45) is 0 Å². The van der Waals surface area contributed by atoms with Gasteiger partial charge in [0.1, 0.15) is 11.8 Å². The second-order valence-electron chi connectivity index (χ2n) is 6.37. The van der Waals surface area contributed by atoms with Crippen LogP contribution in [0.15, 0.2) is 48.5 Å². The van der Waals surface area contributed by atoms with Gasteiger partial charge in [-0.1, -0.05) is 12.1 Å². The number of ether oxygens (including phenoxy) is 1. The monoisotopic (exact) mass is 383 g/mol. The predicted octanol–water partition coefficient (Wildman–Crippen LogP) is 2.87. The summed E-state index contributed by atoms with van der Waals surface area (Å²) >= 11 is 0. The molecule has 0 spiro atoms. The number of nitro groups is 1. The molecule has 1 fully saturated rings. The molecule has 146 valence electrons. The SMILES string of the molecule is CCOc1ccccc1N1CCN(C(=O)c2ccc([N+](=O)[O-])cc2)[C@H](C)C1=O. The van der Waals surface area contributed by atoms with Crippen LogP contribution < -0.4 is 9.64 Å². The normalized spacial score (nSPS) is 16.8. The zero-order valence-corrected chi connectivity index (χ0v) is 15.7. The van der Waals surface area contributed by atoms with Crippen molar-refractivity contribution >= 4 is 23.2 Å². The standard InChI is InChI=1S/C20H21N3O5/c1-3-28-18-7-5-4-6-17(18)22-13-12-21(14(2)19(22)24)20(25)15-8-10-16(11-9-15)23(26)27/h4-11,14H,3,12-13H2,1-2H3/t14-/m1/s1. The Kier molecular flexibility index (Phi) is 5.58. The van der Waals surface area contributed by atoms with E-state index in [2.05, 4.69) is 0 Å². The van der Waals surface area contributed by atoms with Crippen LogP contribution in [0.4, 0.5) is 11.4 Å². The van der Waals surface area contributed by atoms with Crippen molar-refractivity contribution in [3.63, 3.8) is 0 Å². The van der Waals surface area contributed by atoms with E-state index in [1.807, 2.05) is 31.2 Å². The molecule has 0 aliphatic carbocycles. The average Bonchev–Trinajstić information content (AvgIpc) is 2.70. The van der Waals surface area contributed by atoms with E-state index in [1.54, 1.807) is 11.8 Å². The number of rotatable bonds is 5. The van der Waals surface area contributed by atoms with Crippen LogP contribution in [-0.2, 0) is 4.79 Å². The summed E-state index contributed by atoms with van der Waals surface area (Å²) in [6.07, 6.45) is 0. The van der Waals surface area contributed by atoms with Crippen LogP contribution in [0.5, 0.6) is 5.75 Å². The van der Waals surface area contributed by atoms with Gasteiger partial charge in [0, 0.05) is 30.8 Å². The third-order valence-electron chi connectivity index (χ3n) is 4.70. The summed E-state index contributed by atoms with van der Waals surface area (Å²) in [5.41, 5.74) is 0.912. The fraction of sp³-hybridized carbons (Fsp3) is 0.300. The number of hydrogen-bond donors (Lipinski definition) is 0. The second kappa shape index (κ2) is 8.08. The molecule has 1 saturated heterocycles. The van der Waals surface area contributed by atoms with E-state index in [9.17, 15) is 19.7 Å². The number of hydrogen-bond acceptors (Lipinski definition) is 5. The highest BCUT2D eigenvalue weighted by molar-refractivity contribution is 6.04. The molecule has 8 nitrogen and oxygen atoms in total. The fourth-order valence-corrected chi connectivity index (χ4v) is 3.24. The molecular weight excluding hydrogens is 362 g/mol. The van der Waals surface area contributed by atoms with E-state index in [4.69, 9.17) is 4.74 Å². The lowest BCUT2D eigenvalue weighted by Gasteiger charge is -2.39. The van der Waals surface area contributed by atoms with E-state index in [1.165, 1.54) is 29.2 Å². The molecule has 1 atom stereocenters. The molecule has 1 heterocycles. The van der Waals surface area contributed by atoms with Gasteiger partial charge in [-0.25, -0.2) is 0 Å². The lowest BCUT2D eigenvalue weighted by atomic mass is 10.1. The van der Waals surface area contributed by atoms with Crippen molar-refractivity contribution in [3.8, 4) is 5.75 Å². The molecule has 3 rings (SSSR count). The quantitative estimate of drug-likeness (QED) is 0.585. The molecule has 0 aromatic heterocycles. The third kappa shape index (κ3) is 3.66. The van der Waals surface area contributed by atoms with Gasteiger partial charge in [-0.2, -0.15) is 0 Å². The molecule has 8 heteroatoms. The molecule has 0 bridgehead atoms. The summed E-state index contributed by atoms with van der Waals surface area (Å²) in [5, 5.41) is 10.8. The van der Waals surface area contributed by atoms with Crippen molar-refractivity contribution in [3.05, 3.63) is 64.2 Å². The van der Waals surface area contributed by atoms with Crippen molar-refractivity contribution < 1.29 is 19.2 Å². The number of nitro benzene ring substituents is 1. The summed E-state index contributed by atoms with van der Waals surface area (Å²) in [4.78, 5) is 39.1. The molecule has 2 aromatic rings. The molecule has 1 aliphatic heterocycles. The van der Waals surface area contributed by atoms with Crippen molar-refractivity contribution in [1.82, 2.24) is 4.90 Å². The van der Waals surface area contributed by atoms with Gasteiger partial charge in [0.05, 0.1) is 17.2 Å². The Hall–Kier alpha value is -3.42. The Morgan fingerprint density at radius 1 is 1.18 bits per heavy atom. The Morgan fingerprint density at radius 3 is 2.50 bits per heavy atom. The number of non-ortho nitro benzene ring substituents is 1. The number of carbonyl (C=O) groups is 2. The van der Waals surface area contributed by atoms with Gasteiger partial charge >= 0.3 is 0 Å². The first-order valence-corrected chi connectivity index (χ1v) is 9.02. The van der Waals surface area contributed by atoms with Gasteiger partial charge < -0.3 is 14.5 Å². The molecule has 2 aromatic carbocycles. The molecule has 0 N–H and O–H groups in total. The summed E-state index contributed by atoms with van der Waals surface area (Å²) in [6.45, 7) is 4.73. The maximum absolute atomic E-state index is 13.0. The first-order chi connectivity index (χ1) is 13.4. The largest absolute Gasteiger partial charge is 0.492 e. The van der Waals surface area contributed by atoms with Gasteiger partial charge in [-0.3, -0.25) is 19.7 Å². The van der Waals surface area contributed by atoms with Crippen molar-refractivity contribution in [2.75, 3.05) is 24.6 Å². The molecule has 0 unspecified atom stereocenters. The Bertz CT molecular complexity index is 897. The first kappa shape index (κ1) is 19.3. The number of piperazine rings is 1. The highest BCUT2D eigenvalue weighted by Gasteiger charge is 2.36. The topological polar surface area (TPSA) is 93.0 Å². The van der Waals surface area contributed by atoms with E-state index in [0.29, 0.717) is 36.7 Å². The summed E-state index contributed by atoms with van der Waals surface area (Å²) < 4.78 is 5.62. The lowest BCUT2D eigenvalue weighted by Crippen LogP contribution is -2.57. The van der Waals surface area contributed by atoms with E-state index in [-0.39, 0.29) is 17.5 Å². The first-order valence-electron chi connectivity index (χ1n) is 9.02. The smallest absolute Gasteiger partial charge is 0.269 e. The number of para-hydroxylation sites is 2. The fourth-order valence-electron chi connectivity index (χ4n) is 3.24. The van der Waals surface area contributed by atoms with Crippen LogP contribution in [0.3, 0.4) is 0 Å². The van der Waals surface area contributed by atoms with Crippen LogP contribution in [0, 0.1) is 10.1 Å². The Morgan fingerprint density at radius 2 is 1.86 bits per heavy atom. The van der Waals surface area contributed by atoms with Crippen LogP contribution in [-0.4, -0.2) is 47.4 Å². The van der Waals surface area contributed by atoms with E-state index >= 15 is 0 Å². The zero-order chi connectivity index (χ0) is 20.3. The molecular formula is C20H21N3O5. The number of carbonyl (C=O) groups excluding carboxylic acids is 2. The minimum atomic E-state index is -0.661. The maximum Gasteiger partial charge on any atom is 0.269 e. The maximum atomic E-state index is 13.0. The Balaban J connectivity index is 1.79. The highest BCUT2D eigenvalue weighted by atomic mass is 16.6. The average molecular weight is 383 g/mol. The zero-order valence-electron chi connectivity index (χ0n) is 15.7. The Labute approximate surface area is 162 Å². The van der Waals surface area contributed by atoms with E-state index < -0.39 is 11.0 Å². The van der Waals surface area contributed by atoms with Gasteiger partial charge in [0.2, 0.25) is 5.91 Å². The third-order valence-corrected chi connectivity index (χ3v) is 4.70. The van der Waals surface area contributed by atoms with Crippen molar-refractivity contribution in [2.45, 2.75) is 19.9 Å². The lowest BCUT2D eigenvalue weighted by molar-refractivity contribution is -0.384. The number of anilines is 1. The highest BCUT2D eigenvalue weighted by Crippen LogP contribution is 2.31. The molecule has 2 amide bonds. The van der Waals surface area contributed by atoms with Crippen LogP contribution in [0.25, 0.3) is 0 Å². The predicted molar refractivity (Wildman–Crippen MR) is 104 cm³/mol. The van der Waals surface area contributed by atoms with Crippen molar-refractivity contribution in [1.29, 1.82) is 0 Å². The van der Waals surface area contributed by atoms with Gasteiger partial charge in [0.25, 0.3) is 11.6 Å². The van der Waals surface area contributed by atoms with Gasteiger partial charge in [-0.05, 0) is 38.1 Å². The summed E-state index contributed by atoms with van der Waals surface area (Å²) in [7, 11) is 0. The van der Waals surface area contributed by atoms with Crippen LogP contribution >= 0.6 is 0 Å². The summed E-state index contributed by atoms with van der Waals surface area (Å²) in [6, 6.07) is 12.0.